The maximum atomic E-state index is 13.2. The van der Waals surface area contributed by atoms with Crippen molar-refractivity contribution in [2.45, 2.75) is 13.8 Å². The Morgan fingerprint density at radius 2 is 1.78 bits per heavy atom. The first kappa shape index (κ1) is 19.3. The number of nitrogens with zero attached hydrogens (tertiary/aromatic N) is 3. The second-order valence-electron chi connectivity index (χ2n) is 6.84. The molecule has 3 rings (SSSR count). The number of fused-ring (bicyclic) bond motifs is 1. The highest BCUT2D eigenvalue weighted by molar-refractivity contribution is 7.22. The number of aryl methyl sites for hydroxylation is 2. The number of amides is 1. The number of carbonyl (C=O) groups is 1. The average molecular weight is 384 g/mol. The number of ether oxygens (including phenoxy) is 1. The molecule has 2 aromatic carbocycles. The third-order valence-corrected chi connectivity index (χ3v) is 5.70. The number of thiazole rings is 1. The predicted octanol–water partition coefficient (Wildman–Crippen LogP) is 4.13. The number of methoxy groups -OCH3 is 1. The van der Waals surface area contributed by atoms with Crippen LogP contribution < -0.4 is 9.64 Å². The lowest BCUT2D eigenvalue weighted by Gasteiger charge is -2.22. The number of carbonyl (C=O) groups excluding carboxylic acids is 1. The topological polar surface area (TPSA) is 45.7 Å². The van der Waals surface area contributed by atoms with E-state index in [9.17, 15) is 4.79 Å². The summed E-state index contributed by atoms with van der Waals surface area (Å²) in [4.78, 5) is 21.9. The van der Waals surface area contributed by atoms with Crippen LogP contribution in [0, 0.1) is 13.8 Å². The molecule has 0 fully saturated rings. The van der Waals surface area contributed by atoms with Crippen molar-refractivity contribution in [3.8, 4) is 5.75 Å². The van der Waals surface area contributed by atoms with Crippen LogP contribution in [0.25, 0.3) is 10.2 Å². The quantitative estimate of drug-likeness (QED) is 0.642. The van der Waals surface area contributed by atoms with Crippen LogP contribution in [0.3, 0.4) is 0 Å². The first-order chi connectivity index (χ1) is 12.9. The third-order valence-electron chi connectivity index (χ3n) is 4.66. The molecule has 1 aromatic heterocycles. The number of benzene rings is 2. The van der Waals surface area contributed by atoms with Crippen LogP contribution in [-0.4, -0.2) is 50.1 Å². The zero-order valence-corrected chi connectivity index (χ0v) is 17.3. The fourth-order valence-corrected chi connectivity index (χ4v) is 3.85. The largest absolute Gasteiger partial charge is 0.497 e. The monoisotopic (exact) mass is 383 g/mol. The summed E-state index contributed by atoms with van der Waals surface area (Å²) in [5.41, 5.74) is 3.98. The SMILES string of the molecule is COc1ccc(C(=O)N(CCN(C)C)c2nc3c(C)c(C)ccc3s2)cc1. The van der Waals surface area contributed by atoms with Crippen LogP contribution in [0.2, 0.25) is 0 Å². The lowest BCUT2D eigenvalue weighted by molar-refractivity contribution is 0.0985. The Morgan fingerprint density at radius 3 is 2.41 bits per heavy atom. The van der Waals surface area contributed by atoms with Crippen LogP contribution in [0.1, 0.15) is 21.5 Å². The molecule has 0 radical (unpaired) electrons. The summed E-state index contributed by atoms with van der Waals surface area (Å²) in [7, 11) is 5.62. The third kappa shape index (κ3) is 4.12. The minimum atomic E-state index is -0.0482. The van der Waals surface area contributed by atoms with E-state index in [1.807, 2.05) is 26.2 Å². The van der Waals surface area contributed by atoms with Crippen LogP contribution >= 0.6 is 11.3 Å². The Balaban J connectivity index is 1.99. The van der Waals surface area contributed by atoms with Crippen LogP contribution in [-0.2, 0) is 0 Å². The maximum Gasteiger partial charge on any atom is 0.260 e. The predicted molar refractivity (Wildman–Crippen MR) is 112 cm³/mol. The Hall–Kier alpha value is -2.44. The molecular formula is C21H25N3O2S. The van der Waals surface area contributed by atoms with Gasteiger partial charge in [-0.25, -0.2) is 4.98 Å². The van der Waals surface area contributed by atoms with Crippen molar-refractivity contribution < 1.29 is 9.53 Å². The van der Waals surface area contributed by atoms with Crippen molar-refractivity contribution in [2.75, 3.05) is 39.2 Å². The van der Waals surface area contributed by atoms with E-state index in [1.54, 1.807) is 35.5 Å². The van der Waals surface area contributed by atoms with E-state index < -0.39 is 0 Å². The summed E-state index contributed by atoms with van der Waals surface area (Å²) in [6.45, 7) is 5.50. The van der Waals surface area contributed by atoms with Gasteiger partial charge in [-0.3, -0.25) is 9.69 Å². The molecule has 0 unspecified atom stereocenters. The first-order valence-corrected chi connectivity index (χ1v) is 9.69. The average Bonchev–Trinajstić information content (AvgIpc) is 3.09. The fourth-order valence-electron chi connectivity index (χ4n) is 2.80. The number of hydrogen-bond donors (Lipinski definition) is 0. The number of rotatable bonds is 6. The molecule has 27 heavy (non-hydrogen) atoms. The van der Waals surface area contributed by atoms with Crippen molar-refractivity contribution in [2.24, 2.45) is 0 Å². The highest BCUT2D eigenvalue weighted by atomic mass is 32.1. The van der Waals surface area contributed by atoms with Gasteiger partial charge in [-0.1, -0.05) is 17.4 Å². The molecule has 0 bridgehead atoms. The molecule has 1 amide bonds. The van der Waals surface area contributed by atoms with E-state index in [2.05, 4.69) is 30.9 Å². The summed E-state index contributed by atoms with van der Waals surface area (Å²) in [6.07, 6.45) is 0. The van der Waals surface area contributed by atoms with Gasteiger partial charge in [0.15, 0.2) is 5.13 Å². The summed E-state index contributed by atoms with van der Waals surface area (Å²) < 4.78 is 6.30. The van der Waals surface area contributed by atoms with Gasteiger partial charge in [0.05, 0.1) is 17.3 Å². The molecule has 0 atom stereocenters. The molecule has 0 aliphatic rings. The standard InChI is InChI=1S/C21H25N3O2S/c1-14-6-11-18-19(15(14)2)22-21(27-18)24(13-12-23(3)4)20(25)16-7-9-17(26-5)10-8-16/h6-11H,12-13H2,1-5H3. The molecular weight excluding hydrogens is 358 g/mol. The summed E-state index contributed by atoms with van der Waals surface area (Å²) >= 11 is 1.56. The van der Waals surface area contributed by atoms with E-state index >= 15 is 0 Å². The Morgan fingerprint density at radius 1 is 1.07 bits per heavy atom. The fraction of sp³-hybridized carbons (Fsp3) is 0.333. The Kier molecular flexibility index (Phi) is 5.77. The van der Waals surface area contributed by atoms with Crippen LogP contribution in [0.4, 0.5) is 5.13 Å². The number of hydrogen-bond acceptors (Lipinski definition) is 5. The minimum absolute atomic E-state index is 0.0482. The van der Waals surface area contributed by atoms with Gasteiger partial charge in [0.1, 0.15) is 5.75 Å². The van der Waals surface area contributed by atoms with Crippen molar-refractivity contribution in [3.05, 3.63) is 53.1 Å². The van der Waals surface area contributed by atoms with Crippen molar-refractivity contribution >= 4 is 32.6 Å². The molecule has 0 aliphatic heterocycles. The molecule has 0 spiro atoms. The smallest absolute Gasteiger partial charge is 0.260 e. The molecule has 0 aliphatic carbocycles. The van der Waals surface area contributed by atoms with E-state index in [4.69, 9.17) is 9.72 Å². The lowest BCUT2D eigenvalue weighted by atomic mass is 10.1. The second-order valence-corrected chi connectivity index (χ2v) is 7.85. The van der Waals surface area contributed by atoms with Gasteiger partial charge in [-0.2, -0.15) is 0 Å². The zero-order chi connectivity index (χ0) is 19.6. The number of anilines is 1. The molecule has 142 valence electrons. The van der Waals surface area contributed by atoms with Gasteiger partial charge in [0.25, 0.3) is 5.91 Å². The molecule has 0 saturated carbocycles. The van der Waals surface area contributed by atoms with Crippen molar-refractivity contribution in [3.63, 3.8) is 0 Å². The van der Waals surface area contributed by atoms with Gasteiger partial charge < -0.3 is 9.64 Å². The molecule has 5 nitrogen and oxygen atoms in total. The zero-order valence-electron chi connectivity index (χ0n) is 16.4. The lowest BCUT2D eigenvalue weighted by Crippen LogP contribution is -2.36. The second kappa shape index (κ2) is 8.06. The van der Waals surface area contributed by atoms with Gasteiger partial charge in [-0.15, -0.1) is 0 Å². The number of aromatic nitrogens is 1. The number of likely N-dealkylation sites (N-methyl/N-ethyl adjacent to an activating group) is 1. The van der Waals surface area contributed by atoms with E-state index in [-0.39, 0.29) is 5.91 Å². The normalized spacial score (nSPS) is 11.2. The molecule has 0 saturated heterocycles. The minimum Gasteiger partial charge on any atom is -0.497 e. The molecule has 1 heterocycles. The van der Waals surface area contributed by atoms with Gasteiger partial charge in [-0.05, 0) is 69.4 Å². The van der Waals surface area contributed by atoms with Gasteiger partial charge >= 0.3 is 0 Å². The summed E-state index contributed by atoms with van der Waals surface area (Å²) in [6, 6.07) is 11.4. The molecule has 0 N–H and O–H groups in total. The van der Waals surface area contributed by atoms with E-state index in [0.717, 1.165) is 27.6 Å². The van der Waals surface area contributed by atoms with Crippen molar-refractivity contribution in [1.82, 2.24) is 9.88 Å². The molecule has 6 heteroatoms. The highest BCUT2D eigenvalue weighted by Crippen LogP contribution is 2.32. The summed E-state index contributed by atoms with van der Waals surface area (Å²) in [5, 5.41) is 0.737. The summed E-state index contributed by atoms with van der Waals surface area (Å²) in [5.74, 6) is 0.686. The van der Waals surface area contributed by atoms with E-state index in [0.29, 0.717) is 12.1 Å². The van der Waals surface area contributed by atoms with Crippen LogP contribution in [0.15, 0.2) is 36.4 Å². The maximum absolute atomic E-state index is 13.2. The first-order valence-electron chi connectivity index (χ1n) is 8.88. The Bertz CT molecular complexity index is 948. The van der Waals surface area contributed by atoms with Gasteiger partial charge in [0, 0.05) is 18.7 Å². The van der Waals surface area contributed by atoms with E-state index in [1.165, 1.54) is 11.1 Å². The van der Waals surface area contributed by atoms with Crippen molar-refractivity contribution in [1.29, 1.82) is 0 Å². The van der Waals surface area contributed by atoms with Crippen LogP contribution in [0.5, 0.6) is 5.75 Å². The molecule has 3 aromatic rings. The highest BCUT2D eigenvalue weighted by Gasteiger charge is 2.22. The Labute approximate surface area is 164 Å². The van der Waals surface area contributed by atoms with Gasteiger partial charge in [0.2, 0.25) is 0 Å².